The van der Waals surface area contributed by atoms with E-state index in [9.17, 15) is 13.2 Å². The summed E-state index contributed by atoms with van der Waals surface area (Å²) in [6.07, 6.45) is -2.62. The second-order valence-electron chi connectivity index (χ2n) is 6.14. The van der Waals surface area contributed by atoms with E-state index in [-0.39, 0.29) is 11.3 Å². The molecule has 0 fully saturated rings. The van der Waals surface area contributed by atoms with Crippen molar-refractivity contribution in [2.24, 2.45) is 5.84 Å². The molecular formula is C20H20F3N3. The first-order valence-corrected chi connectivity index (χ1v) is 8.50. The van der Waals surface area contributed by atoms with Crippen LogP contribution in [0.15, 0.2) is 54.6 Å². The summed E-state index contributed by atoms with van der Waals surface area (Å²) in [6, 6.07) is 14.6. The molecule has 0 spiro atoms. The molecule has 1 heterocycles. The van der Waals surface area contributed by atoms with Crippen LogP contribution in [0.2, 0.25) is 0 Å². The topological polar surface area (TPSA) is 42.1 Å². The van der Waals surface area contributed by atoms with E-state index in [1.54, 1.807) is 12.1 Å². The summed E-state index contributed by atoms with van der Waals surface area (Å²) in [5.41, 5.74) is -0.389. The smallest absolute Gasteiger partial charge is 0.294 e. The molecule has 3 aromatic rings. The molecule has 2 aromatic carbocycles. The fourth-order valence-electron chi connectivity index (χ4n) is 2.93. The zero-order valence-corrected chi connectivity index (χ0v) is 14.4. The van der Waals surface area contributed by atoms with Crippen molar-refractivity contribution >= 4 is 16.6 Å². The minimum Gasteiger partial charge on any atom is -0.294 e. The fraction of sp³-hybridized carbons (Fsp3) is 0.250. The predicted octanol–water partition coefficient (Wildman–Crippen LogP) is 5.40. The molecule has 0 amide bonds. The van der Waals surface area contributed by atoms with E-state index in [4.69, 9.17) is 5.84 Å². The number of benzene rings is 2. The molecule has 0 bridgehead atoms. The van der Waals surface area contributed by atoms with Gasteiger partial charge in [0.1, 0.15) is 0 Å². The fourth-order valence-corrected chi connectivity index (χ4v) is 2.93. The van der Waals surface area contributed by atoms with Gasteiger partial charge in [-0.1, -0.05) is 55.8 Å². The van der Waals surface area contributed by atoms with Gasteiger partial charge in [-0.05, 0) is 23.9 Å². The van der Waals surface area contributed by atoms with Crippen molar-refractivity contribution in [2.45, 2.75) is 25.9 Å². The van der Waals surface area contributed by atoms with Gasteiger partial charge >= 0.3 is 6.18 Å². The maximum atomic E-state index is 13.4. The average Bonchev–Trinajstić information content (AvgIpc) is 2.64. The highest BCUT2D eigenvalue weighted by Gasteiger charge is 2.33. The molecule has 26 heavy (non-hydrogen) atoms. The van der Waals surface area contributed by atoms with Gasteiger partial charge in [-0.3, -0.25) is 5.01 Å². The van der Waals surface area contributed by atoms with Crippen LogP contribution in [0.5, 0.6) is 0 Å². The Balaban J connectivity index is 2.20. The van der Waals surface area contributed by atoms with Crippen LogP contribution in [0, 0.1) is 0 Å². The molecule has 3 nitrogen and oxygen atoms in total. The monoisotopic (exact) mass is 359 g/mol. The first-order chi connectivity index (χ1) is 12.4. The summed E-state index contributed by atoms with van der Waals surface area (Å²) in [5, 5.41) is 3.14. The molecule has 136 valence electrons. The normalized spacial score (nSPS) is 11.7. The van der Waals surface area contributed by atoms with E-state index in [1.807, 2.05) is 24.3 Å². The number of fused-ring (bicyclic) bond motifs is 1. The predicted molar refractivity (Wildman–Crippen MR) is 98.6 cm³/mol. The number of unbranched alkanes of at least 4 members (excludes halogenated alkanes) is 1. The van der Waals surface area contributed by atoms with Crippen LogP contribution in [-0.4, -0.2) is 11.5 Å². The number of hydrazine groups is 1. The average molecular weight is 359 g/mol. The number of nitrogens with zero attached hydrogens (tertiary/aromatic N) is 2. The Morgan fingerprint density at radius 1 is 1.04 bits per heavy atom. The minimum atomic E-state index is -4.45. The molecule has 6 heteroatoms. The molecule has 0 aliphatic heterocycles. The van der Waals surface area contributed by atoms with Crippen molar-refractivity contribution < 1.29 is 13.2 Å². The van der Waals surface area contributed by atoms with E-state index in [0.717, 1.165) is 29.7 Å². The molecule has 2 N–H and O–H groups in total. The molecule has 1 aromatic heterocycles. The zero-order chi connectivity index (χ0) is 18.7. The lowest BCUT2D eigenvalue weighted by Crippen LogP contribution is -2.32. The lowest BCUT2D eigenvalue weighted by atomic mass is 10.0. The quantitative estimate of drug-likeness (QED) is 0.490. The zero-order valence-electron chi connectivity index (χ0n) is 14.4. The van der Waals surface area contributed by atoms with Gasteiger partial charge in [0.25, 0.3) is 0 Å². The maximum Gasteiger partial charge on any atom is 0.417 e. The van der Waals surface area contributed by atoms with Crippen molar-refractivity contribution in [3.63, 3.8) is 0 Å². The van der Waals surface area contributed by atoms with Gasteiger partial charge in [-0.15, -0.1) is 0 Å². The van der Waals surface area contributed by atoms with Gasteiger partial charge in [-0.2, -0.15) is 13.2 Å². The molecule has 0 atom stereocenters. The molecule has 0 aliphatic rings. The first kappa shape index (κ1) is 18.2. The number of anilines is 1. The van der Waals surface area contributed by atoms with Gasteiger partial charge < -0.3 is 0 Å². The number of aromatic nitrogens is 1. The number of nitrogens with two attached hydrogens (primary N) is 1. The Morgan fingerprint density at radius 3 is 2.46 bits per heavy atom. The lowest BCUT2D eigenvalue weighted by Gasteiger charge is -2.21. The highest BCUT2D eigenvalue weighted by Crippen LogP contribution is 2.38. The Morgan fingerprint density at radius 2 is 1.73 bits per heavy atom. The van der Waals surface area contributed by atoms with Crippen LogP contribution in [-0.2, 0) is 6.18 Å². The molecule has 0 saturated heterocycles. The first-order valence-electron chi connectivity index (χ1n) is 8.50. The summed E-state index contributed by atoms with van der Waals surface area (Å²) in [7, 11) is 0. The van der Waals surface area contributed by atoms with E-state index in [2.05, 4.69) is 11.9 Å². The van der Waals surface area contributed by atoms with E-state index < -0.39 is 11.7 Å². The molecule has 0 radical (unpaired) electrons. The largest absolute Gasteiger partial charge is 0.417 e. The third-order valence-corrected chi connectivity index (χ3v) is 4.25. The second kappa shape index (κ2) is 7.33. The lowest BCUT2D eigenvalue weighted by molar-refractivity contribution is -0.137. The van der Waals surface area contributed by atoms with E-state index >= 15 is 0 Å². The van der Waals surface area contributed by atoms with Crippen molar-refractivity contribution in [3.05, 3.63) is 60.2 Å². The van der Waals surface area contributed by atoms with E-state index in [1.165, 1.54) is 17.1 Å². The molecule has 0 aliphatic carbocycles. The summed E-state index contributed by atoms with van der Waals surface area (Å²) in [5.74, 6) is 6.66. The number of rotatable bonds is 5. The molecule has 0 unspecified atom stereocenters. The van der Waals surface area contributed by atoms with Crippen LogP contribution in [0.3, 0.4) is 0 Å². The van der Waals surface area contributed by atoms with Gasteiger partial charge in [0.15, 0.2) is 5.82 Å². The van der Waals surface area contributed by atoms with Crippen LogP contribution >= 0.6 is 0 Å². The summed E-state index contributed by atoms with van der Waals surface area (Å²) >= 11 is 0. The van der Waals surface area contributed by atoms with Gasteiger partial charge in [-0.25, -0.2) is 10.8 Å². The maximum absolute atomic E-state index is 13.4. The van der Waals surface area contributed by atoms with Gasteiger partial charge in [0.05, 0.1) is 11.3 Å². The van der Waals surface area contributed by atoms with Crippen molar-refractivity contribution in [3.8, 4) is 11.3 Å². The van der Waals surface area contributed by atoms with Crippen LogP contribution in [0.4, 0.5) is 19.0 Å². The number of hydrogen-bond donors (Lipinski definition) is 1. The highest BCUT2D eigenvalue weighted by atomic mass is 19.4. The van der Waals surface area contributed by atoms with Gasteiger partial charge in [0.2, 0.25) is 0 Å². The molecule has 3 rings (SSSR count). The third kappa shape index (κ3) is 3.65. The van der Waals surface area contributed by atoms with E-state index in [0.29, 0.717) is 12.4 Å². The van der Waals surface area contributed by atoms with Crippen LogP contribution < -0.4 is 10.9 Å². The Bertz CT molecular complexity index is 906. The second-order valence-corrected chi connectivity index (χ2v) is 6.14. The number of pyridine rings is 1. The number of alkyl halides is 3. The van der Waals surface area contributed by atoms with Crippen LogP contribution in [0.1, 0.15) is 25.3 Å². The Labute approximate surface area is 150 Å². The molecule has 0 saturated carbocycles. The third-order valence-electron chi connectivity index (χ3n) is 4.25. The summed E-state index contributed by atoms with van der Waals surface area (Å²) < 4.78 is 40.2. The Hall–Kier alpha value is -2.60. The van der Waals surface area contributed by atoms with Gasteiger partial charge in [0, 0.05) is 17.5 Å². The van der Waals surface area contributed by atoms with Crippen molar-refractivity contribution in [1.82, 2.24) is 4.98 Å². The summed E-state index contributed by atoms with van der Waals surface area (Å²) in [4.78, 5) is 4.50. The Kier molecular flexibility index (Phi) is 5.13. The SMILES string of the molecule is CCCCN(N)c1nc(-c2ccccc2C(F)(F)F)cc2ccccc12. The highest BCUT2D eigenvalue weighted by molar-refractivity contribution is 5.95. The molecular weight excluding hydrogens is 339 g/mol. The standard InChI is InChI=1S/C20H20F3N3/c1-2-3-12-26(24)19-15-9-5-4-8-14(15)13-18(25-19)16-10-6-7-11-17(16)20(21,22)23/h4-11,13H,2-3,12,24H2,1H3. The number of hydrogen-bond acceptors (Lipinski definition) is 3. The van der Waals surface area contributed by atoms with Crippen LogP contribution in [0.25, 0.3) is 22.0 Å². The summed E-state index contributed by atoms with van der Waals surface area (Å²) in [6.45, 7) is 2.63. The number of halogens is 3. The van der Waals surface area contributed by atoms with Crippen molar-refractivity contribution in [2.75, 3.05) is 11.6 Å². The van der Waals surface area contributed by atoms with Crippen molar-refractivity contribution in [1.29, 1.82) is 0 Å². The minimum absolute atomic E-state index is 0.0518.